The molecule has 35 heavy (non-hydrogen) atoms. The average Bonchev–Trinajstić information content (AvgIpc) is 2.83. The van der Waals surface area contributed by atoms with E-state index in [1.165, 1.54) is 26.4 Å². The number of hydrogen-bond acceptors (Lipinski definition) is 6. The van der Waals surface area contributed by atoms with Crippen molar-refractivity contribution in [2.75, 3.05) is 26.1 Å². The number of rotatable bonds is 10. The molecule has 0 aliphatic rings. The molecule has 0 fully saturated rings. The summed E-state index contributed by atoms with van der Waals surface area (Å²) in [5, 5.41) is 8.36. The van der Waals surface area contributed by atoms with Crippen molar-refractivity contribution in [3.8, 4) is 11.5 Å². The van der Waals surface area contributed by atoms with Crippen LogP contribution in [0, 0.1) is 0 Å². The molecule has 2 rings (SSSR count). The van der Waals surface area contributed by atoms with Crippen molar-refractivity contribution < 1.29 is 23.8 Å². The number of nitrogens with one attached hydrogen (secondary N) is 3. The number of esters is 1. The van der Waals surface area contributed by atoms with Crippen LogP contribution in [-0.4, -0.2) is 47.8 Å². The molecule has 0 heterocycles. The Morgan fingerprint density at radius 2 is 1.60 bits per heavy atom. The Hall–Kier alpha value is -2.46. The van der Waals surface area contributed by atoms with E-state index in [9.17, 15) is 9.59 Å². The first-order valence-corrected chi connectivity index (χ1v) is 12.1. The van der Waals surface area contributed by atoms with Crippen LogP contribution < -0.4 is 25.4 Å². The third kappa shape index (κ3) is 8.92. The first-order valence-electron chi connectivity index (χ1n) is 10.5. The number of alkyl halides is 3. The average molecular weight is 563 g/mol. The van der Waals surface area contributed by atoms with E-state index in [-0.39, 0.29) is 10.7 Å². The Labute approximate surface area is 224 Å². The van der Waals surface area contributed by atoms with Crippen LogP contribution in [0.5, 0.6) is 11.5 Å². The molecule has 0 saturated carbocycles. The summed E-state index contributed by atoms with van der Waals surface area (Å²) in [4.78, 5) is 24.8. The molecular formula is C23H26Cl3N3O5S. The molecule has 3 N–H and O–H groups in total. The molecule has 0 bridgehead atoms. The lowest BCUT2D eigenvalue weighted by molar-refractivity contribution is 0.0499. The molecule has 2 aromatic rings. The van der Waals surface area contributed by atoms with Gasteiger partial charge in [-0.05, 0) is 61.1 Å². The van der Waals surface area contributed by atoms with Gasteiger partial charge in [-0.1, -0.05) is 48.1 Å². The van der Waals surface area contributed by atoms with Gasteiger partial charge in [0.25, 0.3) is 5.91 Å². The summed E-state index contributed by atoms with van der Waals surface area (Å²) in [5.74, 6) is -0.109. The quantitative estimate of drug-likeness (QED) is 0.121. The number of halogens is 3. The zero-order valence-corrected chi connectivity index (χ0v) is 22.4. The normalized spacial score (nSPS) is 11.7. The van der Waals surface area contributed by atoms with Crippen LogP contribution in [0.1, 0.15) is 40.5 Å². The molecule has 0 radical (unpaired) electrons. The van der Waals surface area contributed by atoms with Gasteiger partial charge in [-0.25, -0.2) is 4.79 Å². The SMILES string of the molecule is CCCCOC(=O)c1ccc(NC(=S)N[C@@H](NC(=O)c2ccc(OC)c(OC)c2)C(Cl)(Cl)Cl)cc1. The number of anilines is 1. The number of carbonyl (C=O) groups excluding carboxylic acids is 2. The lowest BCUT2D eigenvalue weighted by Gasteiger charge is -2.28. The molecule has 8 nitrogen and oxygen atoms in total. The van der Waals surface area contributed by atoms with Crippen LogP contribution in [0.3, 0.4) is 0 Å². The van der Waals surface area contributed by atoms with Crippen molar-refractivity contribution in [2.45, 2.75) is 29.7 Å². The summed E-state index contributed by atoms with van der Waals surface area (Å²) in [6.45, 7) is 2.39. The summed E-state index contributed by atoms with van der Waals surface area (Å²) in [7, 11) is 2.94. The van der Waals surface area contributed by atoms with Crippen molar-refractivity contribution in [2.24, 2.45) is 0 Å². The summed E-state index contributed by atoms with van der Waals surface area (Å²) in [5.41, 5.74) is 1.23. The van der Waals surface area contributed by atoms with Crippen molar-refractivity contribution in [3.63, 3.8) is 0 Å². The molecule has 1 amide bonds. The molecule has 0 saturated heterocycles. The van der Waals surface area contributed by atoms with Gasteiger partial charge in [0.2, 0.25) is 3.79 Å². The Morgan fingerprint density at radius 1 is 0.971 bits per heavy atom. The molecule has 0 unspecified atom stereocenters. The van der Waals surface area contributed by atoms with E-state index in [4.69, 9.17) is 61.2 Å². The van der Waals surface area contributed by atoms with Crippen LogP contribution in [-0.2, 0) is 4.74 Å². The third-order valence-electron chi connectivity index (χ3n) is 4.63. The minimum Gasteiger partial charge on any atom is -0.493 e. The Kier molecular flexibility index (Phi) is 11.2. The molecule has 0 spiro atoms. The van der Waals surface area contributed by atoms with Crippen LogP contribution in [0.15, 0.2) is 42.5 Å². The van der Waals surface area contributed by atoms with E-state index >= 15 is 0 Å². The number of unbranched alkanes of at least 4 members (excludes halogenated alkanes) is 1. The van der Waals surface area contributed by atoms with Crippen LogP contribution in [0.2, 0.25) is 0 Å². The second-order valence-corrected chi connectivity index (χ2v) is 9.96. The minimum absolute atomic E-state index is 0.0761. The summed E-state index contributed by atoms with van der Waals surface area (Å²) in [6.07, 6.45) is 0.559. The monoisotopic (exact) mass is 561 g/mol. The molecule has 190 valence electrons. The van der Waals surface area contributed by atoms with Crippen LogP contribution >= 0.6 is 47.0 Å². The maximum atomic E-state index is 12.8. The van der Waals surface area contributed by atoms with Crippen molar-refractivity contribution in [1.29, 1.82) is 0 Å². The Balaban J connectivity index is 2.03. The van der Waals surface area contributed by atoms with E-state index in [0.717, 1.165) is 12.8 Å². The summed E-state index contributed by atoms with van der Waals surface area (Å²) >= 11 is 23.5. The number of carbonyl (C=O) groups is 2. The third-order valence-corrected chi connectivity index (χ3v) is 5.51. The lowest BCUT2D eigenvalue weighted by atomic mass is 10.2. The standard InChI is InChI=1S/C23H26Cl3N3O5S/c1-4-5-12-34-20(31)14-6-9-16(10-7-14)27-22(35)29-21(23(24,25)26)28-19(30)15-8-11-17(32-2)18(13-15)33-3/h6-11,13,21H,4-5,12H2,1-3H3,(H,28,30)(H2,27,29,35)/t21-/m1/s1. The number of amides is 1. The predicted octanol–water partition coefficient (Wildman–Crippen LogP) is 5.07. The largest absolute Gasteiger partial charge is 0.493 e. The van der Waals surface area contributed by atoms with Gasteiger partial charge in [0.05, 0.1) is 26.4 Å². The molecule has 12 heteroatoms. The van der Waals surface area contributed by atoms with Gasteiger partial charge in [0.1, 0.15) is 6.17 Å². The number of benzene rings is 2. The van der Waals surface area contributed by atoms with Gasteiger partial charge < -0.3 is 30.2 Å². The van der Waals surface area contributed by atoms with Gasteiger partial charge in [-0.2, -0.15) is 0 Å². The Bertz CT molecular complexity index is 1030. The first kappa shape index (κ1) is 28.8. The van der Waals surface area contributed by atoms with E-state index in [1.54, 1.807) is 30.3 Å². The smallest absolute Gasteiger partial charge is 0.338 e. The fraction of sp³-hybridized carbons (Fsp3) is 0.348. The predicted molar refractivity (Wildman–Crippen MR) is 142 cm³/mol. The Morgan fingerprint density at radius 3 is 2.17 bits per heavy atom. The molecule has 1 atom stereocenters. The highest BCUT2D eigenvalue weighted by molar-refractivity contribution is 7.80. The van der Waals surface area contributed by atoms with E-state index in [2.05, 4.69) is 16.0 Å². The van der Waals surface area contributed by atoms with E-state index in [1.807, 2.05) is 6.92 Å². The van der Waals surface area contributed by atoms with Gasteiger partial charge in [0.15, 0.2) is 16.6 Å². The molecule has 2 aromatic carbocycles. The highest BCUT2D eigenvalue weighted by atomic mass is 35.6. The zero-order valence-electron chi connectivity index (χ0n) is 19.3. The van der Waals surface area contributed by atoms with Gasteiger partial charge in [0, 0.05) is 11.3 Å². The fourth-order valence-corrected chi connectivity index (χ4v) is 3.34. The van der Waals surface area contributed by atoms with Crippen LogP contribution in [0.25, 0.3) is 0 Å². The number of ether oxygens (including phenoxy) is 3. The lowest BCUT2D eigenvalue weighted by Crippen LogP contribution is -2.56. The number of methoxy groups -OCH3 is 2. The summed E-state index contributed by atoms with van der Waals surface area (Å²) in [6, 6.07) is 11.1. The topological polar surface area (TPSA) is 97.9 Å². The highest BCUT2D eigenvalue weighted by Gasteiger charge is 2.35. The fourth-order valence-electron chi connectivity index (χ4n) is 2.77. The molecule has 0 aromatic heterocycles. The van der Waals surface area contributed by atoms with Gasteiger partial charge >= 0.3 is 5.97 Å². The molecule has 0 aliphatic carbocycles. The maximum Gasteiger partial charge on any atom is 0.338 e. The van der Waals surface area contributed by atoms with Crippen molar-refractivity contribution >= 4 is 69.7 Å². The second kappa shape index (κ2) is 13.6. The van der Waals surface area contributed by atoms with Gasteiger partial charge in [-0.3, -0.25) is 4.79 Å². The van der Waals surface area contributed by atoms with Crippen molar-refractivity contribution in [1.82, 2.24) is 10.6 Å². The zero-order chi connectivity index (χ0) is 26.0. The second-order valence-electron chi connectivity index (χ2n) is 7.18. The van der Waals surface area contributed by atoms with Crippen LogP contribution in [0.4, 0.5) is 5.69 Å². The van der Waals surface area contributed by atoms with E-state index < -0.39 is 21.8 Å². The number of thiocarbonyl (C=S) groups is 1. The highest BCUT2D eigenvalue weighted by Crippen LogP contribution is 2.30. The minimum atomic E-state index is -1.94. The molecule has 0 aliphatic heterocycles. The van der Waals surface area contributed by atoms with E-state index in [0.29, 0.717) is 29.4 Å². The first-order chi connectivity index (χ1) is 16.6. The summed E-state index contributed by atoms with van der Waals surface area (Å²) < 4.78 is 13.6. The molecular weight excluding hydrogens is 537 g/mol. The van der Waals surface area contributed by atoms with Gasteiger partial charge in [-0.15, -0.1) is 0 Å². The maximum absolute atomic E-state index is 12.8. The number of hydrogen-bond donors (Lipinski definition) is 3. The van der Waals surface area contributed by atoms with Crippen molar-refractivity contribution in [3.05, 3.63) is 53.6 Å².